The Labute approximate surface area is 101 Å². The van der Waals surface area contributed by atoms with Gasteiger partial charge in [0, 0.05) is 12.1 Å². The molecule has 1 heterocycles. The van der Waals surface area contributed by atoms with Crippen LogP contribution in [0.3, 0.4) is 0 Å². The van der Waals surface area contributed by atoms with Crippen molar-refractivity contribution in [1.29, 1.82) is 0 Å². The highest BCUT2D eigenvalue weighted by Crippen LogP contribution is 2.33. The van der Waals surface area contributed by atoms with E-state index in [0.29, 0.717) is 5.54 Å². The Bertz CT molecular complexity index is 205. The predicted octanol–water partition coefficient (Wildman–Crippen LogP) is 2.77. The fourth-order valence-electron chi connectivity index (χ4n) is 3.39. The fraction of sp³-hybridized carbons (Fsp3) is 1.00. The van der Waals surface area contributed by atoms with Gasteiger partial charge < -0.3 is 5.73 Å². The van der Waals surface area contributed by atoms with Crippen LogP contribution >= 0.6 is 0 Å². The normalized spacial score (nSPS) is 28.1. The van der Waals surface area contributed by atoms with Crippen molar-refractivity contribution in [2.45, 2.75) is 63.8 Å². The van der Waals surface area contributed by atoms with Crippen molar-refractivity contribution in [3.8, 4) is 0 Å². The molecule has 0 amide bonds. The fourth-order valence-corrected chi connectivity index (χ4v) is 3.39. The van der Waals surface area contributed by atoms with Crippen LogP contribution < -0.4 is 5.73 Å². The lowest BCUT2D eigenvalue weighted by atomic mass is 9.82. The van der Waals surface area contributed by atoms with E-state index in [0.717, 1.165) is 12.5 Å². The van der Waals surface area contributed by atoms with Crippen LogP contribution in [-0.2, 0) is 0 Å². The van der Waals surface area contributed by atoms with E-state index in [1.807, 2.05) is 0 Å². The predicted molar refractivity (Wildman–Crippen MR) is 69.5 cm³/mol. The second-order valence-electron chi connectivity index (χ2n) is 6.10. The van der Waals surface area contributed by atoms with Crippen molar-refractivity contribution in [2.75, 3.05) is 19.6 Å². The smallest absolute Gasteiger partial charge is 0.0306 e. The Kier molecular flexibility index (Phi) is 4.26. The largest absolute Gasteiger partial charge is 0.329 e. The third kappa shape index (κ3) is 2.78. The lowest BCUT2D eigenvalue weighted by Crippen LogP contribution is -2.58. The Hall–Kier alpha value is -0.0800. The van der Waals surface area contributed by atoms with Gasteiger partial charge in [-0.25, -0.2) is 0 Å². The van der Waals surface area contributed by atoms with Crippen LogP contribution in [0.15, 0.2) is 0 Å². The van der Waals surface area contributed by atoms with Crippen molar-refractivity contribution in [2.24, 2.45) is 11.7 Å². The minimum absolute atomic E-state index is 0.299. The number of nitrogens with zero attached hydrogens (tertiary/aromatic N) is 1. The van der Waals surface area contributed by atoms with E-state index in [1.165, 1.54) is 64.5 Å². The van der Waals surface area contributed by atoms with Gasteiger partial charge in [-0.3, -0.25) is 4.90 Å². The maximum absolute atomic E-state index is 6.03. The molecule has 0 aromatic carbocycles. The molecule has 1 unspecified atom stereocenters. The molecule has 0 aromatic rings. The van der Waals surface area contributed by atoms with Crippen LogP contribution in [-0.4, -0.2) is 30.1 Å². The molecule has 1 aliphatic heterocycles. The lowest BCUT2D eigenvalue weighted by molar-refractivity contribution is 0.0277. The van der Waals surface area contributed by atoms with Gasteiger partial charge in [-0.15, -0.1) is 0 Å². The second kappa shape index (κ2) is 5.50. The molecule has 2 heteroatoms. The highest BCUT2D eigenvalue weighted by molar-refractivity contribution is 4.93. The van der Waals surface area contributed by atoms with E-state index < -0.39 is 0 Å². The summed E-state index contributed by atoms with van der Waals surface area (Å²) in [7, 11) is 0. The highest BCUT2D eigenvalue weighted by atomic mass is 15.2. The summed E-state index contributed by atoms with van der Waals surface area (Å²) < 4.78 is 0. The van der Waals surface area contributed by atoms with E-state index in [-0.39, 0.29) is 0 Å². The first kappa shape index (κ1) is 12.4. The Morgan fingerprint density at radius 2 is 1.69 bits per heavy atom. The third-order valence-electron chi connectivity index (χ3n) is 4.76. The van der Waals surface area contributed by atoms with E-state index in [4.69, 9.17) is 5.73 Å². The topological polar surface area (TPSA) is 29.3 Å². The summed E-state index contributed by atoms with van der Waals surface area (Å²) in [5.41, 5.74) is 6.33. The first-order valence-electron chi connectivity index (χ1n) is 7.20. The molecule has 2 N–H and O–H groups in total. The standard InChI is InChI=1S/C14H28N2/c1-14(12-15,16-9-6-10-16)11-13-7-4-2-3-5-8-13/h13H,2-12,15H2,1H3. The molecule has 2 rings (SSSR count). The minimum atomic E-state index is 0.299. The SMILES string of the molecule is CC(CN)(CC1CCCCCC1)N1CCC1. The molecule has 2 nitrogen and oxygen atoms in total. The zero-order valence-electron chi connectivity index (χ0n) is 10.9. The van der Waals surface area contributed by atoms with Gasteiger partial charge in [0.1, 0.15) is 0 Å². The van der Waals surface area contributed by atoms with Crippen molar-refractivity contribution in [3.63, 3.8) is 0 Å². The first-order chi connectivity index (χ1) is 7.74. The highest BCUT2D eigenvalue weighted by Gasteiger charge is 2.36. The van der Waals surface area contributed by atoms with Crippen molar-refractivity contribution >= 4 is 0 Å². The average Bonchev–Trinajstić information content (AvgIpc) is 2.43. The van der Waals surface area contributed by atoms with Gasteiger partial charge in [0.2, 0.25) is 0 Å². The molecular weight excluding hydrogens is 196 g/mol. The average molecular weight is 224 g/mol. The van der Waals surface area contributed by atoms with Gasteiger partial charge in [0.25, 0.3) is 0 Å². The molecule has 2 fully saturated rings. The summed E-state index contributed by atoms with van der Waals surface area (Å²) in [6.07, 6.45) is 11.4. The summed E-state index contributed by atoms with van der Waals surface area (Å²) in [6.45, 7) is 5.78. The van der Waals surface area contributed by atoms with Crippen LogP contribution in [0.5, 0.6) is 0 Å². The van der Waals surface area contributed by atoms with Gasteiger partial charge in [-0.2, -0.15) is 0 Å². The lowest BCUT2D eigenvalue weighted by Gasteiger charge is -2.47. The third-order valence-corrected chi connectivity index (χ3v) is 4.76. The summed E-state index contributed by atoms with van der Waals surface area (Å²) in [5, 5.41) is 0. The second-order valence-corrected chi connectivity index (χ2v) is 6.10. The molecule has 0 aromatic heterocycles. The van der Waals surface area contributed by atoms with Gasteiger partial charge in [-0.05, 0) is 38.8 Å². The van der Waals surface area contributed by atoms with Crippen LogP contribution in [0.4, 0.5) is 0 Å². The first-order valence-corrected chi connectivity index (χ1v) is 7.20. The molecule has 16 heavy (non-hydrogen) atoms. The van der Waals surface area contributed by atoms with E-state index in [1.54, 1.807) is 0 Å². The van der Waals surface area contributed by atoms with Crippen LogP contribution in [0.25, 0.3) is 0 Å². The quantitative estimate of drug-likeness (QED) is 0.744. The number of hydrogen-bond donors (Lipinski definition) is 1. The zero-order valence-corrected chi connectivity index (χ0v) is 10.9. The zero-order chi connectivity index (χ0) is 11.4. The number of nitrogens with two attached hydrogens (primary N) is 1. The summed E-state index contributed by atoms with van der Waals surface area (Å²) in [4.78, 5) is 2.61. The van der Waals surface area contributed by atoms with Gasteiger partial charge in [-0.1, -0.05) is 38.5 Å². The van der Waals surface area contributed by atoms with E-state index in [9.17, 15) is 0 Å². The minimum Gasteiger partial charge on any atom is -0.329 e. The van der Waals surface area contributed by atoms with Crippen molar-refractivity contribution in [1.82, 2.24) is 4.90 Å². The molecule has 1 aliphatic carbocycles. The molecule has 0 spiro atoms. The molecular formula is C14H28N2. The van der Waals surface area contributed by atoms with Gasteiger partial charge >= 0.3 is 0 Å². The number of likely N-dealkylation sites (tertiary alicyclic amines) is 1. The van der Waals surface area contributed by atoms with Crippen LogP contribution in [0.2, 0.25) is 0 Å². The Balaban J connectivity index is 1.88. The Morgan fingerprint density at radius 3 is 2.12 bits per heavy atom. The molecule has 1 atom stereocenters. The molecule has 2 aliphatic rings. The summed E-state index contributed by atoms with van der Waals surface area (Å²) in [5.74, 6) is 0.941. The molecule has 0 radical (unpaired) electrons. The molecule has 1 saturated heterocycles. The van der Waals surface area contributed by atoms with Crippen molar-refractivity contribution < 1.29 is 0 Å². The summed E-state index contributed by atoms with van der Waals surface area (Å²) >= 11 is 0. The van der Waals surface area contributed by atoms with Gasteiger partial charge in [0.15, 0.2) is 0 Å². The van der Waals surface area contributed by atoms with E-state index >= 15 is 0 Å². The van der Waals surface area contributed by atoms with Crippen LogP contribution in [0.1, 0.15) is 58.3 Å². The molecule has 94 valence electrons. The summed E-state index contributed by atoms with van der Waals surface area (Å²) in [6, 6.07) is 0. The monoisotopic (exact) mass is 224 g/mol. The van der Waals surface area contributed by atoms with Crippen molar-refractivity contribution in [3.05, 3.63) is 0 Å². The van der Waals surface area contributed by atoms with E-state index in [2.05, 4.69) is 11.8 Å². The Morgan fingerprint density at radius 1 is 1.06 bits per heavy atom. The molecule has 1 saturated carbocycles. The molecule has 0 bridgehead atoms. The maximum atomic E-state index is 6.03. The number of hydrogen-bond acceptors (Lipinski definition) is 2. The maximum Gasteiger partial charge on any atom is 0.0306 e. The number of rotatable bonds is 4. The van der Waals surface area contributed by atoms with Gasteiger partial charge in [0.05, 0.1) is 0 Å². The van der Waals surface area contributed by atoms with Crippen LogP contribution in [0, 0.1) is 5.92 Å².